The molecule has 2 aromatic rings. The molecule has 2 heterocycles. The molecule has 0 bridgehead atoms. The van der Waals surface area contributed by atoms with Crippen molar-refractivity contribution in [3.63, 3.8) is 0 Å². The van der Waals surface area contributed by atoms with Crippen LogP contribution in [0.2, 0.25) is 0 Å². The highest BCUT2D eigenvalue weighted by atomic mass is 31.2. The van der Waals surface area contributed by atoms with Gasteiger partial charge >= 0.3 is 7.60 Å². The average Bonchev–Trinajstić information content (AvgIpc) is 2.81. The molecule has 2 aromatic heterocycles. The van der Waals surface area contributed by atoms with Gasteiger partial charge in [-0.25, -0.2) is 4.98 Å². The molecule has 20 heavy (non-hydrogen) atoms. The van der Waals surface area contributed by atoms with Crippen molar-refractivity contribution >= 4 is 24.7 Å². The van der Waals surface area contributed by atoms with E-state index in [0.29, 0.717) is 24.1 Å². The van der Waals surface area contributed by atoms with Gasteiger partial charge in [-0.1, -0.05) is 0 Å². The van der Waals surface area contributed by atoms with Gasteiger partial charge in [0, 0.05) is 13.2 Å². The van der Waals surface area contributed by atoms with E-state index in [1.54, 1.807) is 0 Å². The molecule has 0 radical (unpaired) electrons. The summed E-state index contributed by atoms with van der Waals surface area (Å²) in [4.78, 5) is 41.9. The molecule has 0 aromatic carbocycles. The maximum Gasteiger partial charge on any atom is 0.350 e. The number of H-pyrrole nitrogens is 2. The van der Waals surface area contributed by atoms with Crippen LogP contribution in [-0.2, 0) is 9.30 Å². The van der Waals surface area contributed by atoms with E-state index in [2.05, 4.69) is 25.3 Å². The van der Waals surface area contributed by atoms with E-state index >= 15 is 0 Å². The third-order valence-electron chi connectivity index (χ3n) is 2.31. The Morgan fingerprint density at radius 1 is 1.45 bits per heavy atom. The van der Waals surface area contributed by atoms with Gasteiger partial charge in [-0.15, -0.1) is 0 Å². The number of aromatic amines is 2. The highest BCUT2D eigenvalue weighted by molar-refractivity contribution is 7.51. The van der Waals surface area contributed by atoms with E-state index in [-0.39, 0.29) is 18.1 Å². The molecule has 11 heteroatoms. The maximum absolute atomic E-state index is 11.6. The minimum atomic E-state index is -4.11. The van der Waals surface area contributed by atoms with Crippen molar-refractivity contribution in [2.75, 3.05) is 24.8 Å². The summed E-state index contributed by atoms with van der Waals surface area (Å²) < 4.78 is 15.3. The number of rotatable bonds is 7. The first-order valence-corrected chi connectivity index (χ1v) is 7.55. The summed E-state index contributed by atoms with van der Waals surface area (Å²) in [6, 6.07) is 0. The van der Waals surface area contributed by atoms with Crippen LogP contribution in [0.1, 0.15) is 6.42 Å². The highest BCUT2D eigenvalue weighted by Gasteiger charge is 2.11. The fourth-order valence-corrected chi connectivity index (χ4v) is 1.86. The van der Waals surface area contributed by atoms with E-state index in [0.717, 1.165) is 0 Å². The third-order valence-corrected chi connectivity index (χ3v) is 2.83. The fraction of sp³-hybridized carbons (Fsp3) is 0.444. The summed E-state index contributed by atoms with van der Waals surface area (Å²) >= 11 is 0. The van der Waals surface area contributed by atoms with E-state index in [9.17, 15) is 9.36 Å². The Labute approximate surface area is 112 Å². The fourth-order valence-electron chi connectivity index (χ4n) is 1.49. The molecule has 0 aliphatic heterocycles. The van der Waals surface area contributed by atoms with Gasteiger partial charge in [-0.3, -0.25) is 14.3 Å². The summed E-state index contributed by atoms with van der Waals surface area (Å²) in [6.07, 6.45) is 1.29. The normalized spacial score (nSPS) is 11.9. The summed E-state index contributed by atoms with van der Waals surface area (Å²) in [5, 5.41) is 2.87. The van der Waals surface area contributed by atoms with E-state index in [1.807, 2.05) is 0 Å². The van der Waals surface area contributed by atoms with Crippen molar-refractivity contribution in [2.45, 2.75) is 6.42 Å². The van der Waals surface area contributed by atoms with Crippen molar-refractivity contribution < 1.29 is 19.1 Å². The number of imidazole rings is 1. The molecule has 5 N–H and O–H groups in total. The van der Waals surface area contributed by atoms with Crippen LogP contribution in [0.15, 0.2) is 11.1 Å². The zero-order valence-corrected chi connectivity index (χ0v) is 11.3. The van der Waals surface area contributed by atoms with Crippen LogP contribution in [0, 0.1) is 0 Å². The molecule has 0 saturated heterocycles. The molecule has 0 spiro atoms. The average molecular weight is 303 g/mol. The zero-order chi connectivity index (χ0) is 14.6. The summed E-state index contributed by atoms with van der Waals surface area (Å²) in [5.74, 6) is 0.282. The van der Waals surface area contributed by atoms with Crippen LogP contribution < -0.4 is 10.9 Å². The van der Waals surface area contributed by atoms with Gasteiger partial charge < -0.3 is 24.8 Å². The molecule has 0 atom stereocenters. The number of aromatic nitrogens is 4. The third kappa shape index (κ3) is 4.14. The van der Waals surface area contributed by atoms with Crippen molar-refractivity contribution in [1.82, 2.24) is 19.9 Å². The zero-order valence-electron chi connectivity index (χ0n) is 10.4. The van der Waals surface area contributed by atoms with Crippen molar-refractivity contribution in [3.8, 4) is 0 Å². The first-order valence-electron chi connectivity index (χ1n) is 5.75. The van der Waals surface area contributed by atoms with Gasteiger partial charge in [0.25, 0.3) is 5.56 Å². The lowest BCUT2D eigenvalue weighted by Crippen LogP contribution is -2.15. The van der Waals surface area contributed by atoms with Crippen LogP contribution in [-0.4, -0.2) is 49.2 Å². The number of nitrogens with zero attached hydrogens (tertiary/aromatic N) is 2. The van der Waals surface area contributed by atoms with Gasteiger partial charge in [0.05, 0.1) is 6.33 Å². The Morgan fingerprint density at radius 3 is 3.00 bits per heavy atom. The molecular weight excluding hydrogens is 289 g/mol. The number of nitrogens with one attached hydrogen (secondary N) is 3. The lowest BCUT2D eigenvalue weighted by molar-refractivity contribution is 0.156. The topological polar surface area (TPSA) is 153 Å². The van der Waals surface area contributed by atoms with Gasteiger partial charge in [0.15, 0.2) is 11.2 Å². The van der Waals surface area contributed by atoms with Crippen LogP contribution in [0.5, 0.6) is 0 Å². The summed E-state index contributed by atoms with van der Waals surface area (Å²) in [7, 11) is -4.11. The van der Waals surface area contributed by atoms with Crippen LogP contribution in [0.3, 0.4) is 0 Å². The lowest BCUT2D eigenvalue weighted by Gasteiger charge is -2.07. The van der Waals surface area contributed by atoms with Gasteiger partial charge in [0.1, 0.15) is 6.35 Å². The Balaban J connectivity index is 1.78. The molecule has 0 fully saturated rings. The Morgan fingerprint density at radius 2 is 2.25 bits per heavy atom. The maximum atomic E-state index is 11.6. The largest absolute Gasteiger partial charge is 0.369 e. The standard InChI is InChI=1S/C9H14N5O5P/c15-8-6-7(12-4-11-6)13-9(14-8)10-2-1-3-19-5-20(16,17)18/h4H,1-3,5H2,(H2,16,17,18)(H3,10,11,12,13,14,15). The number of hydrogen-bond donors (Lipinski definition) is 5. The van der Waals surface area contributed by atoms with Crippen LogP contribution in [0.25, 0.3) is 11.2 Å². The Kier molecular flexibility index (Phi) is 4.50. The van der Waals surface area contributed by atoms with Crippen molar-refractivity contribution in [3.05, 3.63) is 16.7 Å². The summed E-state index contributed by atoms with van der Waals surface area (Å²) in [6.45, 7) is 0.618. The second-order valence-electron chi connectivity index (χ2n) is 4.00. The predicted octanol–water partition coefficient (Wildman–Crippen LogP) is -0.400. The van der Waals surface area contributed by atoms with Crippen LogP contribution >= 0.6 is 7.60 Å². The minimum absolute atomic E-state index is 0.187. The number of ether oxygens (including phenoxy) is 1. The molecule has 0 aliphatic rings. The summed E-state index contributed by atoms with van der Waals surface area (Å²) in [5.41, 5.74) is 0.294. The Hall–Kier alpha value is -1.74. The van der Waals surface area contributed by atoms with E-state index in [1.165, 1.54) is 6.33 Å². The first kappa shape index (κ1) is 14.7. The molecule has 110 valence electrons. The van der Waals surface area contributed by atoms with Gasteiger partial charge in [-0.05, 0) is 6.42 Å². The molecule has 0 unspecified atom stereocenters. The van der Waals surface area contributed by atoms with Crippen molar-refractivity contribution in [1.29, 1.82) is 0 Å². The highest BCUT2D eigenvalue weighted by Crippen LogP contribution is 2.33. The van der Waals surface area contributed by atoms with Crippen LogP contribution in [0.4, 0.5) is 5.95 Å². The molecular formula is C9H14N5O5P. The van der Waals surface area contributed by atoms with Gasteiger partial charge in [0.2, 0.25) is 5.95 Å². The van der Waals surface area contributed by atoms with Gasteiger partial charge in [-0.2, -0.15) is 4.98 Å². The molecule has 0 saturated carbocycles. The molecule has 0 aliphatic carbocycles. The quantitative estimate of drug-likeness (QED) is 0.342. The predicted molar refractivity (Wildman–Crippen MR) is 70.5 cm³/mol. The van der Waals surface area contributed by atoms with E-state index < -0.39 is 13.9 Å². The number of fused-ring (bicyclic) bond motifs is 1. The smallest absolute Gasteiger partial charge is 0.350 e. The second-order valence-corrected chi connectivity index (χ2v) is 5.59. The van der Waals surface area contributed by atoms with E-state index in [4.69, 9.17) is 14.5 Å². The molecule has 0 amide bonds. The Bertz CT molecular complexity index is 677. The lowest BCUT2D eigenvalue weighted by atomic mass is 10.4. The second kappa shape index (κ2) is 6.14. The number of anilines is 1. The monoisotopic (exact) mass is 303 g/mol. The molecule has 10 nitrogen and oxygen atoms in total. The number of hydrogen-bond acceptors (Lipinski definition) is 6. The SMILES string of the molecule is O=c1[nH]c(NCCCOCP(=O)(O)O)nc2nc[nH]c12. The van der Waals surface area contributed by atoms with Crippen molar-refractivity contribution in [2.24, 2.45) is 0 Å². The minimum Gasteiger partial charge on any atom is -0.369 e. The molecule has 2 rings (SSSR count). The first-order chi connectivity index (χ1) is 9.46.